The van der Waals surface area contributed by atoms with Crippen LogP contribution in [0.25, 0.3) is 0 Å². The lowest BCUT2D eigenvalue weighted by Crippen LogP contribution is -2.19. The zero-order valence-electron chi connectivity index (χ0n) is 11.6. The van der Waals surface area contributed by atoms with Gasteiger partial charge in [-0.25, -0.2) is 0 Å². The first-order valence-corrected chi connectivity index (χ1v) is 7.11. The molecule has 0 radical (unpaired) electrons. The first kappa shape index (κ1) is 16.5. The highest BCUT2D eigenvalue weighted by atomic mass is 35.5. The van der Waals surface area contributed by atoms with Crippen LogP contribution in [0.4, 0.5) is 20.2 Å². The normalized spacial score (nSPS) is 10.4. The molecule has 0 unspecified atom stereocenters. The standard InChI is InChI=1S/C15H13ClF2N2OS/c1-9-8-12(21-14(17)18)6-7-13(9)20-15(22)19-11-4-2-10(16)3-5-11/h2-8,14H,1H3,(H2,19,20,22). The van der Waals surface area contributed by atoms with Gasteiger partial charge in [-0.1, -0.05) is 11.6 Å². The fraction of sp³-hybridized carbons (Fsp3) is 0.133. The lowest BCUT2D eigenvalue weighted by atomic mass is 10.2. The summed E-state index contributed by atoms with van der Waals surface area (Å²) in [4.78, 5) is 0. The zero-order valence-corrected chi connectivity index (χ0v) is 13.1. The molecule has 3 nitrogen and oxygen atoms in total. The van der Waals surface area contributed by atoms with Gasteiger partial charge in [0, 0.05) is 16.4 Å². The van der Waals surface area contributed by atoms with Crippen molar-refractivity contribution in [3.63, 3.8) is 0 Å². The molecular weight excluding hydrogens is 330 g/mol. The second kappa shape index (κ2) is 7.38. The molecule has 0 spiro atoms. The molecule has 0 amide bonds. The summed E-state index contributed by atoms with van der Waals surface area (Å²) in [5.41, 5.74) is 2.23. The van der Waals surface area contributed by atoms with Gasteiger partial charge in [0.05, 0.1) is 0 Å². The second-order valence-electron chi connectivity index (χ2n) is 4.44. The number of alkyl halides is 2. The SMILES string of the molecule is Cc1cc(OC(F)F)ccc1NC(=S)Nc1ccc(Cl)cc1. The Kier molecular flexibility index (Phi) is 5.51. The monoisotopic (exact) mass is 342 g/mol. The molecule has 0 aliphatic rings. The minimum absolute atomic E-state index is 0.106. The van der Waals surface area contributed by atoms with Crippen LogP contribution in [0, 0.1) is 6.92 Å². The van der Waals surface area contributed by atoms with E-state index in [2.05, 4.69) is 15.4 Å². The molecule has 0 aliphatic heterocycles. The summed E-state index contributed by atoms with van der Waals surface area (Å²) in [5, 5.41) is 7.02. The molecule has 7 heteroatoms. The number of hydrogen-bond acceptors (Lipinski definition) is 2. The molecule has 0 aliphatic carbocycles. The van der Waals surface area contributed by atoms with Crippen LogP contribution in [0.3, 0.4) is 0 Å². The highest BCUT2D eigenvalue weighted by Gasteiger charge is 2.07. The van der Waals surface area contributed by atoms with Gasteiger partial charge in [-0.3, -0.25) is 0 Å². The Balaban J connectivity index is 2.00. The Hall–Kier alpha value is -1.92. The molecule has 0 bridgehead atoms. The zero-order chi connectivity index (χ0) is 16.1. The van der Waals surface area contributed by atoms with Crippen LogP contribution in [0.2, 0.25) is 5.02 Å². The van der Waals surface area contributed by atoms with Crippen LogP contribution >= 0.6 is 23.8 Å². The maximum atomic E-state index is 12.2. The average Bonchev–Trinajstić information content (AvgIpc) is 2.44. The number of nitrogens with one attached hydrogen (secondary N) is 2. The van der Waals surface area contributed by atoms with Gasteiger partial charge in [0.2, 0.25) is 0 Å². The highest BCUT2D eigenvalue weighted by molar-refractivity contribution is 7.80. The van der Waals surface area contributed by atoms with Crippen LogP contribution in [0.5, 0.6) is 5.75 Å². The number of thiocarbonyl (C=S) groups is 1. The van der Waals surface area contributed by atoms with Crippen molar-refractivity contribution in [2.24, 2.45) is 0 Å². The summed E-state index contributed by atoms with van der Waals surface area (Å²) in [6.07, 6.45) is 0. The fourth-order valence-electron chi connectivity index (χ4n) is 1.77. The van der Waals surface area contributed by atoms with E-state index in [1.807, 2.05) is 0 Å². The van der Waals surface area contributed by atoms with E-state index in [9.17, 15) is 8.78 Å². The molecule has 22 heavy (non-hydrogen) atoms. The Bertz CT molecular complexity index is 665. The van der Waals surface area contributed by atoms with Crippen molar-refractivity contribution >= 4 is 40.3 Å². The molecule has 2 aromatic carbocycles. The van der Waals surface area contributed by atoms with Gasteiger partial charge in [-0.05, 0) is 67.2 Å². The van der Waals surface area contributed by atoms with Gasteiger partial charge in [0.1, 0.15) is 5.75 Å². The second-order valence-corrected chi connectivity index (χ2v) is 5.29. The molecule has 2 N–H and O–H groups in total. The van der Waals surface area contributed by atoms with E-state index in [4.69, 9.17) is 23.8 Å². The molecule has 0 heterocycles. The first-order valence-electron chi connectivity index (χ1n) is 6.33. The van der Waals surface area contributed by atoms with Crippen LogP contribution in [-0.4, -0.2) is 11.7 Å². The van der Waals surface area contributed by atoms with Gasteiger partial charge in [-0.2, -0.15) is 8.78 Å². The highest BCUT2D eigenvalue weighted by Crippen LogP contribution is 2.23. The number of aryl methyl sites for hydroxylation is 1. The molecule has 0 atom stereocenters. The number of rotatable bonds is 4. The van der Waals surface area contributed by atoms with E-state index in [1.54, 1.807) is 37.3 Å². The molecule has 0 aromatic heterocycles. The quantitative estimate of drug-likeness (QED) is 0.761. The van der Waals surface area contributed by atoms with Gasteiger partial charge >= 0.3 is 6.61 Å². The van der Waals surface area contributed by atoms with E-state index >= 15 is 0 Å². The van der Waals surface area contributed by atoms with Crippen molar-refractivity contribution in [3.05, 3.63) is 53.1 Å². The summed E-state index contributed by atoms with van der Waals surface area (Å²) < 4.78 is 28.7. The molecule has 2 rings (SSSR count). The molecule has 0 saturated carbocycles. The Morgan fingerprint density at radius 3 is 2.41 bits per heavy atom. The minimum atomic E-state index is -2.84. The number of halogens is 3. The van der Waals surface area contributed by atoms with Gasteiger partial charge in [-0.15, -0.1) is 0 Å². The Morgan fingerprint density at radius 1 is 1.14 bits per heavy atom. The number of benzene rings is 2. The smallest absolute Gasteiger partial charge is 0.387 e. The van der Waals surface area contributed by atoms with Gasteiger partial charge in [0.25, 0.3) is 0 Å². The molecular formula is C15H13ClF2N2OS. The van der Waals surface area contributed by atoms with Crippen LogP contribution in [0.15, 0.2) is 42.5 Å². The topological polar surface area (TPSA) is 33.3 Å². The predicted molar refractivity (Wildman–Crippen MR) is 89.1 cm³/mol. The Morgan fingerprint density at radius 2 is 1.82 bits per heavy atom. The third-order valence-corrected chi connectivity index (χ3v) is 3.23. The van der Waals surface area contributed by atoms with Crippen LogP contribution < -0.4 is 15.4 Å². The van der Waals surface area contributed by atoms with Crippen molar-refractivity contribution in [1.82, 2.24) is 0 Å². The van der Waals surface area contributed by atoms with Crippen molar-refractivity contribution in [2.75, 3.05) is 10.6 Å². The average molecular weight is 343 g/mol. The van der Waals surface area contributed by atoms with Crippen molar-refractivity contribution in [2.45, 2.75) is 13.5 Å². The fourth-order valence-corrected chi connectivity index (χ4v) is 2.12. The van der Waals surface area contributed by atoms with Crippen LogP contribution in [-0.2, 0) is 0 Å². The van der Waals surface area contributed by atoms with Crippen molar-refractivity contribution in [1.29, 1.82) is 0 Å². The molecule has 116 valence electrons. The van der Waals surface area contributed by atoms with Gasteiger partial charge < -0.3 is 15.4 Å². The largest absolute Gasteiger partial charge is 0.435 e. The third kappa shape index (κ3) is 4.82. The van der Waals surface area contributed by atoms with E-state index in [1.165, 1.54) is 12.1 Å². The summed E-state index contributed by atoms with van der Waals surface area (Å²) in [6, 6.07) is 11.7. The van der Waals surface area contributed by atoms with E-state index in [-0.39, 0.29) is 5.75 Å². The maximum Gasteiger partial charge on any atom is 0.387 e. The predicted octanol–water partition coefficient (Wildman–Crippen LogP) is 5.06. The van der Waals surface area contributed by atoms with E-state index in [0.717, 1.165) is 11.3 Å². The number of anilines is 2. The summed E-state index contributed by atoms with van der Waals surface area (Å²) in [7, 11) is 0. The lowest BCUT2D eigenvalue weighted by Gasteiger charge is -2.14. The van der Waals surface area contributed by atoms with Crippen molar-refractivity contribution in [3.8, 4) is 5.75 Å². The lowest BCUT2D eigenvalue weighted by molar-refractivity contribution is -0.0498. The van der Waals surface area contributed by atoms with Crippen molar-refractivity contribution < 1.29 is 13.5 Å². The summed E-state index contributed by atoms with van der Waals surface area (Å²) >= 11 is 11.0. The Labute approximate surface area is 137 Å². The van der Waals surface area contributed by atoms with E-state index in [0.29, 0.717) is 15.8 Å². The minimum Gasteiger partial charge on any atom is -0.435 e. The number of hydrogen-bond donors (Lipinski definition) is 2. The summed E-state index contributed by atoms with van der Waals surface area (Å²) in [5.74, 6) is 0.106. The number of ether oxygens (including phenoxy) is 1. The summed E-state index contributed by atoms with van der Waals surface area (Å²) in [6.45, 7) is -1.07. The molecule has 0 saturated heterocycles. The molecule has 2 aromatic rings. The third-order valence-electron chi connectivity index (χ3n) is 2.77. The van der Waals surface area contributed by atoms with E-state index < -0.39 is 6.61 Å². The van der Waals surface area contributed by atoms with Gasteiger partial charge in [0.15, 0.2) is 5.11 Å². The molecule has 0 fully saturated rings. The first-order chi connectivity index (χ1) is 10.4. The van der Waals surface area contributed by atoms with Crippen LogP contribution in [0.1, 0.15) is 5.56 Å². The maximum absolute atomic E-state index is 12.2.